The number of morpholine rings is 1. The lowest BCUT2D eigenvalue weighted by Gasteiger charge is -2.27. The normalized spacial score (nSPS) is 19.0. The first-order valence-electron chi connectivity index (χ1n) is 6.85. The topological polar surface area (TPSA) is 42.3 Å². The van der Waals surface area contributed by atoms with Gasteiger partial charge >= 0.3 is 0 Å². The lowest BCUT2D eigenvalue weighted by atomic mass is 10.2. The molecule has 0 saturated carbocycles. The van der Waals surface area contributed by atoms with Crippen LogP contribution in [-0.4, -0.2) is 54.1 Å². The SMILES string of the molecule is CCn1cc(C(C)NCCN2CCOCC2)cn1. The summed E-state index contributed by atoms with van der Waals surface area (Å²) in [6.45, 7) is 11.2. The number of nitrogens with zero attached hydrogens (tertiary/aromatic N) is 3. The molecule has 1 aromatic heterocycles. The molecule has 5 heteroatoms. The second-order valence-corrected chi connectivity index (χ2v) is 4.76. The summed E-state index contributed by atoms with van der Waals surface area (Å²) in [6, 6.07) is 0.367. The fourth-order valence-electron chi connectivity index (χ4n) is 2.16. The van der Waals surface area contributed by atoms with Crippen LogP contribution in [0.15, 0.2) is 12.4 Å². The van der Waals surface area contributed by atoms with Crippen LogP contribution in [0, 0.1) is 0 Å². The van der Waals surface area contributed by atoms with E-state index in [4.69, 9.17) is 4.74 Å². The van der Waals surface area contributed by atoms with Gasteiger partial charge in [-0.1, -0.05) is 0 Å². The zero-order valence-electron chi connectivity index (χ0n) is 11.4. The highest BCUT2D eigenvalue weighted by molar-refractivity contribution is 5.09. The Balaban J connectivity index is 1.69. The lowest BCUT2D eigenvalue weighted by Crippen LogP contribution is -2.40. The molecule has 1 fully saturated rings. The van der Waals surface area contributed by atoms with Crippen molar-refractivity contribution in [1.29, 1.82) is 0 Å². The van der Waals surface area contributed by atoms with Gasteiger partial charge in [-0.15, -0.1) is 0 Å². The highest BCUT2D eigenvalue weighted by atomic mass is 16.5. The van der Waals surface area contributed by atoms with Gasteiger partial charge in [0.25, 0.3) is 0 Å². The van der Waals surface area contributed by atoms with E-state index in [0.29, 0.717) is 6.04 Å². The first-order valence-corrected chi connectivity index (χ1v) is 6.85. The molecule has 0 aromatic carbocycles. The number of rotatable bonds is 6. The molecule has 1 saturated heterocycles. The van der Waals surface area contributed by atoms with Gasteiger partial charge in [-0.3, -0.25) is 9.58 Å². The van der Waals surface area contributed by atoms with Crippen LogP contribution in [0.3, 0.4) is 0 Å². The monoisotopic (exact) mass is 252 g/mol. The molecular formula is C13H24N4O. The summed E-state index contributed by atoms with van der Waals surface area (Å²) in [6.07, 6.45) is 4.07. The Kier molecular flexibility index (Phi) is 5.16. The molecule has 102 valence electrons. The first-order chi connectivity index (χ1) is 8.79. The van der Waals surface area contributed by atoms with E-state index in [-0.39, 0.29) is 0 Å². The van der Waals surface area contributed by atoms with Crippen LogP contribution in [0.4, 0.5) is 0 Å². The summed E-state index contributed by atoms with van der Waals surface area (Å²) < 4.78 is 7.31. The molecular weight excluding hydrogens is 228 g/mol. The maximum Gasteiger partial charge on any atom is 0.0594 e. The molecule has 2 heterocycles. The highest BCUT2D eigenvalue weighted by Gasteiger charge is 2.11. The second kappa shape index (κ2) is 6.87. The molecule has 1 aromatic rings. The van der Waals surface area contributed by atoms with Gasteiger partial charge in [-0.2, -0.15) is 5.10 Å². The predicted octanol–water partition coefficient (Wildman–Crippen LogP) is 0.886. The van der Waals surface area contributed by atoms with Crippen LogP contribution in [0.5, 0.6) is 0 Å². The van der Waals surface area contributed by atoms with Gasteiger partial charge in [-0.25, -0.2) is 0 Å². The van der Waals surface area contributed by atoms with Crippen LogP contribution in [0.2, 0.25) is 0 Å². The van der Waals surface area contributed by atoms with Crippen LogP contribution in [-0.2, 0) is 11.3 Å². The molecule has 0 aliphatic carbocycles. The second-order valence-electron chi connectivity index (χ2n) is 4.76. The van der Waals surface area contributed by atoms with Crippen molar-refractivity contribution in [3.05, 3.63) is 18.0 Å². The van der Waals surface area contributed by atoms with Gasteiger partial charge in [0.1, 0.15) is 0 Å². The van der Waals surface area contributed by atoms with E-state index in [1.807, 2.05) is 10.9 Å². The van der Waals surface area contributed by atoms with Gasteiger partial charge < -0.3 is 10.1 Å². The smallest absolute Gasteiger partial charge is 0.0594 e. The zero-order chi connectivity index (χ0) is 12.8. The lowest BCUT2D eigenvalue weighted by molar-refractivity contribution is 0.0382. The number of ether oxygens (including phenoxy) is 1. The van der Waals surface area contributed by atoms with Crippen molar-refractivity contribution >= 4 is 0 Å². The number of aromatic nitrogens is 2. The summed E-state index contributed by atoms with van der Waals surface area (Å²) in [5.74, 6) is 0. The number of hydrogen-bond donors (Lipinski definition) is 1. The molecule has 0 bridgehead atoms. The molecule has 0 spiro atoms. The van der Waals surface area contributed by atoms with E-state index in [2.05, 4.69) is 35.4 Å². The minimum absolute atomic E-state index is 0.367. The Bertz CT molecular complexity index is 347. The standard InChI is InChI=1S/C13H24N4O/c1-3-17-11-13(10-15-17)12(2)14-4-5-16-6-8-18-9-7-16/h10-12,14H,3-9H2,1-2H3. The molecule has 1 aliphatic heterocycles. The fourth-order valence-corrected chi connectivity index (χ4v) is 2.16. The molecule has 1 N–H and O–H groups in total. The fraction of sp³-hybridized carbons (Fsp3) is 0.769. The third kappa shape index (κ3) is 3.80. The molecule has 1 atom stereocenters. The maximum absolute atomic E-state index is 5.34. The maximum atomic E-state index is 5.34. The van der Waals surface area contributed by atoms with Crippen LogP contribution in [0.25, 0.3) is 0 Å². The van der Waals surface area contributed by atoms with Gasteiger partial charge in [0.05, 0.1) is 19.4 Å². The Labute approximate surface area is 109 Å². The third-order valence-corrected chi connectivity index (χ3v) is 3.46. The Hall–Kier alpha value is -0.910. The average molecular weight is 252 g/mol. The van der Waals surface area contributed by atoms with Gasteiger partial charge in [0, 0.05) is 50.5 Å². The van der Waals surface area contributed by atoms with E-state index in [0.717, 1.165) is 45.9 Å². The van der Waals surface area contributed by atoms with E-state index < -0.39 is 0 Å². The quantitative estimate of drug-likeness (QED) is 0.816. The van der Waals surface area contributed by atoms with Gasteiger partial charge in [-0.05, 0) is 13.8 Å². The Morgan fingerprint density at radius 2 is 2.22 bits per heavy atom. The van der Waals surface area contributed by atoms with E-state index in [1.165, 1.54) is 5.56 Å². The first kappa shape index (κ1) is 13.5. The minimum Gasteiger partial charge on any atom is -0.379 e. The predicted molar refractivity (Wildman–Crippen MR) is 71.6 cm³/mol. The Morgan fingerprint density at radius 3 is 2.89 bits per heavy atom. The zero-order valence-corrected chi connectivity index (χ0v) is 11.4. The van der Waals surface area contributed by atoms with E-state index in [1.54, 1.807) is 0 Å². The highest BCUT2D eigenvalue weighted by Crippen LogP contribution is 2.10. The van der Waals surface area contributed by atoms with Crippen molar-refractivity contribution in [2.24, 2.45) is 0 Å². The average Bonchev–Trinajstić information content (AvgIpc) is 2.89. The van der Waals surface area contributed by atoms with Crippen LogP contribution >= 0.6 is 0 Å². The molecule has 1 unspecified atom stereocenters. The summed E-state index contributed by atoms with van der Waals surface area (Å²) >= 11 is 0. The van der Waals surface area contributed by atoms with Crippen LogP contribution < -0.4 is 5.32 Å². The van der Waals surface area contributed by atoms with Gasteiger partial charge in [0.2, 0.25) is 0 Å². The summed E-state index contributed by atoms with van der Waals surface area (Å²) in [7, 11) is 0. The van der Waals surface area contributed by atoms with Gasteiger partial charge in [0.15, 0.2) is 0 Å². The molecule has 5 nitrogen and oxygen atoms in total. The number of hydrogen-bond acceptors (Lipinski definition) is 4. The summed E-state index contributed by atoms with van der Waals surface area (Å²) in [4.78, 5) is 2.44. The van der Waals surface area contributed by atoms with Crippen molar-refractivity contribution in [1.82, 2.24) is 20.0 Å². The molecule has 0 radical (unpaired) electrons. The molecule has 18 heavy (non-hydrogen) atoms. The summed E-state index contributed by atoms with van der Waals surface area (Å²) in [5.41, 5.74) is 1.26. The molecule has 1 aliphatic rings. The van der Waals surface area contributed by atoms with Crippen LogP contribution in [0.1, 0.15) is 25.5 Å². The van der Waals surface area contributed by atoms with Crippen molar-refractivity contribution in [2.45, 2.75) is 26.4 Å². The van der Waals surface area contributed by atoms with Crippen molar-refractivity contribution in [3.63, 3.8) is 0 Å². The van der Waals surface area contributed by atoms with E-state index in [9.17, 15) is 0 Å². The number of aryl methyl sites for hydroxylation is 1. The van der Waals surface area contributed by atoms with Crippen molar-refractivity contribution in [3.8, 4) is 0 Å². The van der Waals surface area contributed by atoms with Crippen molar-refractivity contribution in [2.75, 3.05) is 39.4 Å². The van der Waals surface area contributed by atoms with Crippen molar-refractivity contribution < 1.29 is 4.74 Å². The summed E-state index contributed by atoms with van der Waals surface area (Å²) in [5, 5.41) is 7.85. The van der Waals surface area contributed by atoms with E-state index >= 15 is 0 Å². The number of nitrogens with one attached hydrogen (secondary N) is 1. The largest absolute Gasteiger partial charge is 0.379 e. The molecule has 0 amide bonds. The Morgan fingerprint density at radius 1 is 1.44 bits per heavy atom. The molecule has 2 rings (SSSR count). The third-order valence-electron chi connectivity index (χ3n) is 3.46. The minimum atomic E-state index is 0.367.